The number of carbonyl (C=O) groups is 1. The van der Waals surface area contributed by atoms with E-state index in [0.29, 0.717) is 0 Å². The van der Waals surface area contributed by atoms with Gasteiger partial charge in [-0.05, 0) is 38.9 Å². The standard InChI is InChI=1S/C18H33NOSi2/c1-14(2)19(15(3)4)18(20)16-12-10-11-13-17(16)22(8,9)21(5,6)7/h10-15H,1-9H3. The summed E-state index contributed by atoms with van der Waals surface area (Å²) in [5.74, 6) is 0.194. The average molecular weight is 336 g/mol. The van der Waals surface area contributed by atoms with E-state index in [2.05, 4.69) is 72.6 Å². The molecule has 1 amide bonds. The van der Waals surface area contributed by atoms with Gasteiger partial charge in [0.15, 0.2) is 0 Å². The lowest BCUT2D eigenvalue weighted by molar-refractivity contribution is 0.0645. The first-order valence-electron chi connectivity index (χ1n) is 8.33. The number of amides is 1. The van der Waals surface area contributed by atoms with Gasteiger partial charge in [-0.3, -0.25) is 4.79 Å². The summed E-state index contributed by atoms with van der Waals surface area (Å²) in [5.41, 5.74) is 0.934. The van der Waals surface area contributed by atoms with E-state index in [4.69, 9.17) is 0 Å². The lowest BCUT2D eigenvalue weighted by Crippen LogP contribution is -2.63. The van der Waals surface area contributed by atoms with E-state index in [1.165, 1.54) is 5.19 Å². The van der Waals surface area contributed by atoms with Crippen molar-refractivity contribution in [2.75, 3.05) is 0 Å². The van der Waals surface area contributed by atoms with Crippen LogP contribution in [0.4, 0.5) is 0 Å². The zero-order chi connectivity index (χ0) is 17.3. The molecule has 0 aliphatic heterocycles. The highest BCUT2D eigenvalue weighted by Gasteiger charge is 2.41. The average Bonchev–Trinajstić information content (AvgIpc) is 2.36. The molecule has 0 spiro atoms. The Hall–Kier alpha value is -0.876. The first kappa shape index (κ1) is 19.2. The van der Waals surface area contributed by atoms with Crippen LogP contribution in [0.3, 0.4) is 0 Å². The molecule has 0 saturated heterocycles. The SMILES string of the molecule is CC(C)N(C(=O)c1ccccc1[Si](C)(C)[Si](C)(C)C)C(C)C. The number of nitrogens with zero attached hydrogens (tertiary/aromatic N) is 1. The van der Waals surface area contributed by atoms with E-state index in [9.17, 15) is 4.79 Å². The number of hydrogen-bond acceptors (Lipinski definition) is 1. The van der Waals surface area contributed by atoms with Crippen LogP contribution >= 0.6 is 0 Å². The molecule has 0 bridgehead atoms. The van der Waals surface area contributed by atoms with Crippen LogP contribution in [0, 0.1) is 0 Å². The van der Waals surface area contributed by atoms with E-state index in [0.717, 1.165) is 5.56 Å². The van der Waals surface area contributed by atoms with Gasteiger partial charge in [-0.1, -0.05) is 50.9 Å². The smallest absolute Gasteiger partial charge is 0.254 e. The van der Waals surface area contributed by atoms with Crippen LogP contribution in [-0.4, -0.2) is 38.1 Å². The number of carbonyl (C=O) groups excluding carboxylic acids is 1. The van der Waals surface area contributed by atoms with Gasteiger partial charge in [0, 0.05) is 25.2 Å². The van der Waals surface area contributed by atoms with Crippen LogP contribution < -0.4 is 5.19 Å². The van der Waals surface area contributed by atoms with Gasteiger partial charge in [0.2, 0.25) is 0 Å². The van der Waals surface area contributed by atoms with E-state index in [-0.39, 0.29) is 18.0 Å². The second-order valence-electron chi connectivity index (χ2n) is 8.32. The Morgan fingerprint density at radius 3 is 1.77 bits per heavy atom. The topological polar surface area (TPSA) is 20.3 Å². The number of hydrogen-bond donors (Lipinski definition) is 0. The van der Waals surface area contributed by atoms with Crippen molar-refractivity contribution in [3.8, 4) is 0 Å². The fourth-order valence-corrected chi connectivity index (χ4v) is 8.09. The molecule has 4 heteroatoms. The summed E-state index contributed by atoms with van der Waals surface area (Å²) in [6.07, 6.45) is 0. The summed E-state index contributed by atoms with van der Waals surface area (Å²) in [5, 5.41) is 1.34. The second-order valence-corrected chi connectivity index (χ2v) is 24.9. The molecule has 1 aromatic carbocycles. The zero-order valence-corrected chi connectivity index (χ0v) is 17.8. The predicted molar refractivity (Wildman–Crippen MR) is 103 cm³/mol. The molecule has 0 unspecified atom stereocenters. The van der Waals surface area contributed by atoms with Gasteiger partial charge >= 0.3 is 0 Å². The van der Waals surface area contributed by atoms with Gasteiger partial charge in [0.05, 0.1) is 7.59 Å². The van der Waals surface area contributed by atoms with Crippen molar-refractivity contribution in [2.24, 2.45) is 0 Å². The molecule has 0 radical (unpaired) electrons. The monoisotopic (exact) mass is 335 g/mol. The number of rotatable bonds is 5. The maximum atomic E-state index is 13.2. The summed E-state index contributed by atoms with van der Waals surface area (Å²) in [6, 6.07) is 8.77. The van der Waals surface area contributed by atoms with Crippen LogP contribution in [0.25, 0.3) is 0 Å². The van der Waals surface area contributed by atoms with Crippen molar-refractivity contribution >= 4 is 26.3 Å². The Morgan fingerprint density at radius 1 is 0.909 bits per heavy atom. The van der Waals surface area contributed by atoms with Crippen molar-refractivity contribution in [1.29, 1.82) is 0 Å². The minimum atomic E-state index is -1.61. The zero-order valence-electron chi connectivity index (χ0n) is 15.8. The lowest BCUT2D eigenvalue weighted by Gasteiger charge is -2.38. The molecule has 0 aliphatic rings. The van der Waals surface area contributed by atoms with Crippen molar-refractivity contribution in [3.63, 3.8) is 0 Å². The molecule has 124 valence electrons. The quantitative estimate of drug-likeness (QED) is 0.736. The second kappa shape index (κ2) is 6.71. The van der Waals surface area contributed by atoms with Gasteiger partial charge in [0.25, 0.3) is 5.91 Å². The van der Waals surface area contributed by atoms with Crippen LogP contribution in [0.2, 0.25) is 32.7 Å². The van der Waals surface area contributed by atoms with Crippen LogP contribution in [0.15, 0.2) is 24.3 Å². The first-order valence-corrected chi connectivity index (χ1v) is 15.8. The summed E-state index contributed by atoms with van der Waals surface area (Å²) >= 11 is 0. The Balaban J connectivity index is 3.42. The molecule has 0 aliphatic carbocycles. The minimum Gasteiger partial charge on any atom is -0.334 e. The van der Waals surface area contributed by atoms with Crippen LogP contribution in [-0.2, 0) is 0 Å². The van der Waals surface area contributed by atoms with Crippen molar-refractivity contribution in [3.05, 3.63) is 29.8 Å². The van der Waals surface area contributed by atoms with Crippen molar-refractivity contribution in [2.45, 2.75) is 72.5 Å². The van der Waals surface area contributed by atoms with Crippen LogP contribution in [0.5, 0.6) is 0 Å². The molecule has 0 heterocycles. The van der Waals surface area contributed by atoms with Gasteiger partial charge < -0.3 is 4.90 Å². The molecule has 0 aromatic heterocycles. The predicted octanol–water partition coefficient (Wildman–Crippen LogP) is 4.28. The fraction of sp³-hybridized carbons (Fsp3) is 0.611. The minimum absolute atomic E-state index is 0.194. The largest absolute Gasteiger partial charge is 0.334 e. The number of benzene rings is 1. The first-order chi connectivity index (χ1) is 9.91. The fourth-order valence-electron chi connectivity index (χ4n) is 2.82. The lowest BCUT2D eigenvalue weighted by atomic mass is 10.1. The highest BCUT2D eigenvalue weighted by molar-refractivity contribution is 7.45. The van der Waals surface area contributed by atoms with Crippen molar-refractivity contribution in [1.82, 2.24) is 4.90 Å². The highest BCUT2D eigenvalue weighted by atomic mass is 29.3. The molecule has 1 aromatic rings. The molecule has 0 fully saturated rings. The summed E-state index contributed by atoms with van der Waals surface area (Å²) < 4.78 is 0. The highest BCUT2D eigenvalue weighted by Crippen LogP contribution is 2.22. The third-order valence-electron chi connectivity index (χ3n) is 5.05. The Bertz CT molecular complexity index is 522. The van der Waals surface area contributed by atoms with Gasteiger partial charge in [-0.2, -0.15) is 0 Å². The maximum Gasteiger partial charge on any atom is 0.254 e. The summed E-state index contributed by atoms with van der Waals surface area (Å²) in [4.78, 5) is 15.2. The van der Waals surface area contributed by atoms with E-state index < -0.39 is 15.2 Å². The normalized spacial score (nSPS) is 12.9. The third kappa shape index (κ3) is 3.71. The molecular weight excluding hydrogens is 302 g/mol. The van der Waals surface area contributed by atoms with E-state index >= 15 is 0 Å². The van der Waals surface area contributed by atoms with Gasteiger partial charge in [-0.25, -0.2) is 0 Å². The van der Waals surface area contributed by atoms with E-state index in [1.54, 1.807) is 0 Å². The molecule has 0 atom stereocenters. The molecule has 1 rings (SSSR count). The van der Waals surface area contributed by atoms with Gasteiger partial charge in [0.1, 0.15) is 0 Å². The Kier molecular flexibility index (Phi) is 5.85. The Labute approximate surface area is 138 Å². The summed E-state index contributed by atoms with van der Waals surface area (Å²) in [7, 11) is -2.94. The molecule has 0 N–H and O–H groups in total. The molecule has 22 heavy (non-hydrogen) atoms. The van der Waals surface area contributed by atoms with Crippen molar-refractivity contribution < 1.29 is 4.79 Å². The molecular formula is C18H33NOSi2. The molecule has 0 saturated carbocycles. The Morgan fingerprint density at radius 2 is 1.36 bits per heavy atom. The van der Waals surface area contributed by atoms with Gasteiger partial charge in [-0.15, -0.1) is 0 Å². The summed E-state index contributed by atoms with van der Waals surface area (Å²) in [6.45, 7) is 20.6. The third-order valence-corrected chi connectivity index (χ3v) is 22.6. The maximum absolute atomic E-state index is 13.2. The van der Waals surface area contributed by atoms with E-state index in [1.807, 2.05) is 17.0 Å². The molecule has 2 nitrogen and oxygen atoms in total. The van der Waals surface area contributed by atoms with Crippen LogP contribution in [0.1, 0.15) is 38.1 Å².